The number of hydrogen-bond donors (Lipinski definition) is 3. The first-order valence-electron chi connectivity index (χ1n) is 9.76. The van der Waals surface area contributed by atoms with Crippen LogP contribution in [0, 0.1) is 0 Å². The number of anilines is 2. The average Bonchev–Trinajstić information content (AvgIpc) is 2.79. The van der Waals surface area contributed by atoms with Crippen LogP contribution in [0.15, 0.2) is 89.9 Å². The van der Waals surface area contributed by atoms with Crippen molar-refractivity contribution in [3.05, 3.63) is 101 Å². The largest absolute Gasteiger partial charge is 0.366 e. The molecule has 1 amide bonds. The minimum Gasteiger partial charge on any atom is -0.366 e. The Labute approximate surface area is 177 Å². The maximum absolute atomic E-state index is 11.8. The second kappa shape index (κ2) is 7.42. The maximum atomic E-state index is 11.8. The normalized spacial score (nSPS) is 11.0. The van der Waals surface area contributed by atoms with Crippen LogP contribution in [0.25, 0.3) is 32.9 Å². The van der Waals surface area contributed by atoms with Crippen LogP contribution in [-0.2, 0) is 0 Å². The molecule has 5 rings (SSSR count). The summed E-state index contributed by atoms with van der Waals surface area (Å²) >= 11 is 0. The molecule has 0 atom stereocenters. The Kier molecular flexibility index (Phi) is 4.45. The van der Waals surface area contributed by atoms with Gasteiger partial charge in [0.1, 0.15) is 5.65 Å². The molecule has 0 spiro atoms. The summed E-state index contributed by atoms with van der Waals surface area (Å²) in [5.74, 6) is -0.486. The number of nitrogens with two attached hydrogens (primary N) is 1. The molecule has 0 aliphatic heterocycles. The number of H-pyrrole nitrogens is 1. The molecule has 6 heteroatoms. The third-order valence-electron chi connectivity index (χ3n) is 5.27. The lowest BCUT2D eigenvalue weighted by Crippen LogP contribution is -2.11. The van der Waals surface area contributed by atoms with E-state index in [1.165, 1.54) is 6.07 Å². The first kappa shape index (κ1) is 18.6. The number of aromatic nitrogens is 2. The molecule has 0 aliphatic rings. The van der Waals surface area contributed by atoms with Crippen LogP contribution in [0.1, 0.15) is 10.4 Å². The highest BCUT2D eigenvalue weighted by Gasteiger charge is 2.12. The number of hydrogen-bond acceptors (Lipinski definition) is 4. The number of aromatic amines is 1. The van der Waals surface area contributed by atoms with E-state index in [-0.39, 0.29) is 5.56 Å². The molecule has 5 aromatic rings. The van der Waals surface area contributed by atoms with Crippen LogP contribution < -0.4 is 16.6 Å². The van der Waals surface area contributed by atoms with Crippen molar-refractivity contribution in [1.82, 2.24) is 9.97 Å². The topological polar surface area (TPSA) is 101 Å². The average molecular weight is 406 g/mol. The predicted molar refractivity (Wildman–Crippen MR) is 124 cm³/mol. The van der Waals surface area contributed by atoms with Crippen molar-refractivity contribution >= 4 is 39.1 Å². The van der Waals surface area contributed by atoms with Gasteiger partial charge in [0.2, 0.25) is 11.5 Å². The predicted octanol–water partition coefficient (Wildman–Crippen LogP) is 4.59. The molecule has 6 nitrogen and oxygen atoms in total. The van der Waals surface area contributed by atoms with Gasteiger partial charge < -0.3 is 16.0 Å². The summed E-state index contributed by atoms with van der Waals surface area (Å²) in [6.07, 6.45) is 1.63. The Morgan fingerprint density at radius 3 is 2.55 bits per heavy atom. The quantitative estimate of drug-likeness (QED) is 0.406. The number of nitrogens with zero attached hydrogens (tertiary/aromatic N) is 1. The Morgan fingerprint density at radius 1 is 0.871 bits per heavy atom. The van der Waals surface area contributed by atoms with Gasteiger partial charge in [0.15, 0.2) is 0 Å². The number of nitrogens with one attached hydrogen (secondary N) is 2. The summed E-state index contributed by atoms with van der Waals surface area (Å²) in [7, 11) is 0. The zero-order valence-electron chi connectivity index (χ0n) is 16.4. The van der Waals surface area contributed by atoms with Crippen LogP contribution in [0.3, 0.4) is 0 Å². The van der Waals surface area contributed by atoms with Crippen molar-refractivity contribution in [2.45, 2.75) is 0 Å². The molecule has 0 bridgehead atoms. The van der Waals surface area contributed by atoms with E-state index in [2.05, 4.69) is 39.6 Å². The van der Waals surface area contributed by atoms with Gasteiger partial charge in [-0.3, -0.25) is 9.59 Å². The first-order valence-corrected chi connectivity index (χ1v) is 9.76. The lowest BCUT2D eigenvalue weighted by Gasteiger charge is -2.15. The summed E-state index contributed by atoms with van der Waals surface area (Å²) in [5.41, 5.74) is 9.65. The summed E-state index contributed by atoms with van der Waals surface area (Å²) in [5, 5.41) is 6.45. The van der Waals surface area contributed by atoms with Gasteiger partial charge >= 0.3 is 0 Å². The van der Waals surface area contributed by atoms with Gasteiger partial charge in [0, 0.05) is 34.5 Å². The molecule has 2 aromatic heterocycles. The smallest absolute Gasteiger partial charge is 0.249 e. The molecular formula is C25H18N4O2. The number of amides is 1. The fourth-order valence-corrected chi connectivity index (χ4v) is 3.72. The number of carbonyl (C=O) groups excluding carboxylic acids is 1. The van der Waals surface area contributed by atoms with Gasteiger partial charge in [0.05, 0.1) is 5.69 Å². The Balaban J connectivity index is 1.67. The lowest BCUT2D eigenvalue weighted by molar-refractivity contribution is 0.100. The standard InChI is InChI=1S/C25H18N4O2/c26-24(31)18-7-9-21(28-22-11-12-27-25-19(22)8-10-23(30)29-25)20(14-18)17-6-5-15-3-1-2-4-16(15)13-17/h1-14H,(H2,26,31)(H2,27,28,29,30). The van der Waals surface area contributed by atoms with Gasteiger partial charge in [-0.25, -0.2) is 4.98 Å². The van der Waals surface area contributed by atoms with Crippen LogP contribution in [0.5, 0.6) is 0 Å². The first-order chi connectivity index (χ1) is 15.1. The molecule has 0 aliphatic carbocycles. The second-order valence-corrected chi connectivity index (χ2v) is 7.25. The van der Waals surface area contributed by atoms with E-state index in [0.29, 0.717) is 11.2 Å². The fraction of sp³-hybridized carbons (Fsp3) is 0. The van der Waals surface area contributed by atoms with Crippen molar-refractivity contribution in [2.24, 2.45) is 5.73 Å². The Bertz CT molecular complexity index is 1520. The number of rotatable bonds is 4. The molecule has 0 saturated carbocycles. The van der Waals surface area contributed by atoms with Gasteiger partial charge in [-0.05, 0) is 52.7 Å². The van der Waals surface area contributed by atoms with E-state index >= 15 is 0 Å². The Morgan fingerprint density at radius 2 is 1.71 bits per heavy atom. The summed E-state index contributed by atoms with van der Waals surface area (Å²) < 4.78 is 0. The molecule has 150 valence electrons. The number of benzene rings is 3. The van der Waals surface area contributed by atoms with Crippen LogP contribution >= 0.6 is 0 Å². The SMILES string of the molecule is NC(=O)c1ccc(Nc2ccnc3[nH]c(=O)ccc23)c(-c2ccc3ccccc3c2)c1. The lowest BCUT2D eigenvalue weighted by atomic mass is 9.97. The zero-order chi connectivity index (χ0) is 21.4. The third kappa shape index (κ3) is 3.51. The molecule has 4 N–H and O–H groups in total. The van der Waals surface area contributed by atoms with Gasteiger partial charge in [0.25, 0.3) is 0 Å². The molecule has 31 heavy (non-hydrogen) atoms. The van der Waals surface area contributed by atoms with E-state index in [1.54, 1.807) is 24.4 Å². The molecule has 2 heterocycles. The van der Waals surface area contributed by atoms with Gasteiger partial charge in [-0.2, -0.15) is 0 Å². The highest BCUT2D eigenvalue weighted by Crippen LogP contribution is 2.34. The van der Waals surface area contributed by atoms with Crippen molar-refractivity contribution < 1.29 is 4.79 Å². The zero-order valence-corrected chi connectivity index (χ0v) is 16.4. The molecule has 0 radical (unpaired) electrons. The van der Waals surface area contributed by atoms with E-state index < -0.39 is 5.91 Å². The number of primary amides is 1. The van der Waals surface area contributed by atoms with E-state index in [9.17, 15) is 9.59 Å². The van der Waals surface area contributed by atoms with Crippen molar-refractivity contribution in [3.8, 4) is 11.1 Å². The monoisotopic (exact) mass is 406 g/mol. The highest BCUT2D eigenvalue weighted by atomic mass is 16.1. The minimum atomic E-state index is -0.486. The van der Waals surface area contributed by atoms with Crippen LogP contribution in [0.4, 0.5) is 11.4 Å². The molecule has 0 fully saturated rings. The van der Waals surface area contributed by atoms with E-state index in [4.69, 9.17) is 5.73 Å². The number of pyridine rings is 2. The van der Waals surface area contributed by atoms with Crippen molar-refractivity contribution in [1.29, 1.82) is 0 Å². The van der Waals surface area contributed by atoms with E-state index in [0.717, 1.165) is 38.7 Å². The molecule has 3 aromatic carbocycles. The van der Waals surface area contributed by atoms with Crippen molar-refractivity contribution in [2.75, 3.05) is 5.32 Å². The second-order valence-electron chi connectivity index (χ2n) is 7.25. The summed E-state index contributed by atoms with van der Waals surface area (Å²) in [6.45, 7) is 0. The summed E-state index contributed by atoms with van der Waals surface area (Å²) in [6, 6.07) is 24.6. The van der Waals surface area contributed by atoms with Crippen LogP contribution in [-0.4, -0.2) is 15.9 Å². The van der Waals surface area contributed by atoms with E-state index in [1.807, 2.05) is 30.3 Å². The molecule has 0 unspecified atom stereocenters. The summed E-state index contributed by atoms with van der Waals surface area (Å²) in [4.78, 5) is 30.5. The highest BCUT2D eigenvalue weighted by molar-refractivity contribution is 5.99. The van der Waals surface area contributed by atoms with Gasteiger partial charge in [-0.15, -0.1) is 0 Å². The Hall–Kier alpha value is -4.45. The van der Waals surface area contributed by atoms with Crippen molar-refractivity contribution in [3.63, 3.8) is 0 Å². The number of fused-ring (bicyclic) bond motifs is 2. The molecular weight excluding hydrogens is 388 g/mol. The van der Waals surface area contributed by atoms with Crippen LogP contribution in [0.2, 0.25) is 0 Å². The van der Waals surface area contributed by atoms with Gasteiger partial charge in [-0.1, -0.05) is 36.4 Å². The maximum Gasteiger partial charge on any atom is 0.249 e. The number of carbonyl (C=O) groups is 1. The molecule has 0 saturated heterocycles. The minimum absolute atomic E-state index is 0.209. The fourth-order valence-electron chi connectivity index (χ4n) is 3.72. The third-order valence-corrected chi connectivity index (χ3v) is 5.27.